The second-order valence-corrected chi connectivity index (χ2v) is 11.0. The van der Waals surface area contributed by atoms with Crippen LogP contribution in [0.4, 0.5) is 11.6 Å². The van der Waals surface area contributed by atoms with Crippen molar-refractivity contribution < 1.29 is 19.5 Å². The average Bonchev–Trinajstić information content (AvgIpc) is 3.40. The molecule has 0 spiro atoms. The SMILES string of the molecule is CC1(C)Cc2cnc(N)nc2-c2n[nH]c(C(=O)Nc3ccc(C(=O)N4CCC(NC(=O)CCCO)CC4)cc3)c21. The van der Waals surface area contributed by atoms with E-state index in [0.717, 1.165) is 11.1 Å². The van der Waals surface area contributed by atoms with Gasteiger partial charge in [-0.15, -0.1) is 0 Å². The molecule has 12 heteroatoms. The normalized spacial score (nSPS) is 16.1. The molecule has 0 bridgehead atoms. The fraction of sp³-hybridized carbons (Fsp3) is 0.429. The lowest BCUT2D eigenvalue weighted by Gasteiger charge is -2.32. The van der Waals surface area contributed by atoms with Crippen molar-refractivity contribution >= 4 is 29.4 Å². The number of benzene rings is 1. The molecule has 2 aliphatic rings. The third-order valence-electron chi connectivity index (χ3n) is 7.51. The molecule has 210 valence electrons. The number of carbonyl (C=O) groups excluding carboxylic acids is 3. The van der Waals surface area contributed by atoms with E-state index in [9.17, 15) is 14.4 Å². The Morgan fingerprint density at radius 1 is 1.15 bits per heavy atom. The number of fused-ring (bicyclic) bond motifs is 3. The minimum Gasteiger partial charge on any atom is -0.396 e. The third-order valence-corrected chi connectivity index (χ3v) is 7.51. The lowest BCUT2D eigenvalue weighted by atomic mass is 9.73. The van der Waals surface area contributed by atoms with Crippen molar-refractivity contribution in [2.24, 2.45) is 0 Å². The van der Waals surface area contributed by atoms with E-state index in [4.69, 9.17) is 10.8 Å². The molecule has 3 aromatic rings. The fourth-order valence-electron chi connectivity index (χ4n) is 5.49. The van der Waals surface area contributed by atoms with Crippen LogP contribution in [0.15, 0.2) is 30.5 Å². The van der Waals surface area contributed by atoms with E-state index in [0.29, 0.717) is 73.5 Å². The average molecular weight is 547 g/mol. The smallest absolute Gasteiger partial charge is 0.273 e. The third kappa shape index (κ3) is 5.53. The first kappa shape index (κ1) is 27.3. The Labute approximate surface area is 231 Å². The van der Waals surface area contributed by atoms with Gasteiger partial charge in [-0.1, -0.05) is 13.8 Å². The highest BCUT2D eigenvalue weighted by molar-refractivity contribution is 6.05. The molecule has 1 fully saturated rings. The zero-order valence-corrected chi connectivity index (χ0v) is 22.7. The highest BCUT2D eigenvalue weighted by atomic mass is 16.3. The van der Waals surface area contributed by atoms with Crippen LogP contribution in [-0.2, 0) is 16.6 Å². The molecule has 1 aliphatic heterocycles. The van der Waals surface area contributed by atoms with E-state index in [1.165, 1.54) is 0 Å². The number of hydrogen-bond donors (Lipinski definition) is 5. The molecule has 0 atom stereocenters. The number of nitrogens with zero attached hydrogens (tertiary/aromatic N) is 4. The van der Waals surface area contributed by atoms with Crippen molar-refractivity contribution in [1.29, 1.82) is 0 Å². The van der Waals surface area contributed by atoms with Gasteiger partial charge < -0.3 is 26.4 Å². The standard InChI is InChI=1S/C28H34N8O4/c1-28(2)14-17-15-30-27(29)33-22(17)23-21(28)24(35-34-23)25(39)32-18-7-5-16(6-8-18)26(40)36-11-9-19(10-12-36)31-20(38)4-3-13-37/h5-8,15,19,37H,3-4,9-14H2,1-2H3,(H,31,38)(H,32,39)(H,34,35)(H2,29,30,33). The molecule has 5 rings (SSSR count). The minimum absolute atomic E-state index is 0.00703. The van der Waals surface area contributed by atoms with Gasteiger partial charge in [0, 0.05) is 55.2 Å². The Kier molecular flexibility index (Phi) is 7.53. The molecular formula is C28H34N8O4. The van der Waals surface area contributed by atoms with Gasteiger partial charge in [0.05, 0.1) is 5.69 Å². The number of nitrogen functional groups attached to an aromatic ring is 1. The van der Waals surface area contributed by atoms with Crippen molar-refractivity contribution in [3.63, 3.8) is 0 Å². The number of nitrogens with one attached hydrogen (secondary N) is 3. The molecule has 3 heterocycles. The second-order valence-electron chi connectivity index (χ2n) is 11.0. The first-order valence-electron chi connectivity index (χ1n) is 13.5. The highest BCUT2D eigenvalue weighted by Gasteiger charge is 2.38. The predicted octanol–water partition coefficient (Wildman–Crippen LogP) is 2.03. The molecule has 3 amide bonds. The number of piperidine rings is 1. The van der Waals surface area contributed by atoms with Crippen LogP contribution >= 0.6 is 0 Å². The van der Waals surface area contributed by atoms with Gasteiger partial charge in [-0.2, -0.15) is 5.10 Å². The van der Waals surface area contributed by atoms with Gasteiger partial charge in [0.2, 0.25) is 11.9 Å². The van der Waals surface area contributed by atoms with Crippen LogP contribution in [0, 0.1) is 0 Å². The van der Waals surface area contributed by atoms with Gasteiger partial charge in [-0.3, -0.25) is 19.5 Å². The van der Waals surface area contributed by atoms with Crippen molar-refractivity contribution in [2.45, 2.75) is 57.4 Å². The van der Waals surface area contributed by atoms with Gasteiger partial charge in [0.1, 0.15) is 11.4 Å². The predicted molar refractivity (Wildman–Crippen MR) is 149 cm³/mol. The lowest BCUT2D eigenvalue weighted by Crippen LogP contribution is -2.46. The summed E-state index contributed by atoms with van der Waals surface area (Å²) in [5, 5.41) is 22.0. The van der Waals surface area contributed by atoms with Gasteiger partial charge in [-0.25, -0.2) is 9.97 Å². The van der Waals surface area contributed by atoms with E-state index in [2.05, 4.69) is 30.8 Å². The summed E-state index contributed by atoms with van der Waals surface area (Å²) in [5.41, 5.74) is 9.79. The number of aliphatic hydroxyl groups excluding tert-OH is 1. The highest BCUT2D eigenvalue weighted by Crippen LogP contribution is 2.42. The zero-order valence-electron chi connectivity index (χ0n) is 22.7. The van der Waals surface area contributed by atoms with Crippen molar-refractivity contribution in [3.05, 3.63) is 52.8 Å². The summed E-state index contributed by atoms with van der Waals surface area (Å²) in [4.78, 5) is 48.5. The van der Waals surface area contributed by atoms with Crippen LogP contribution in [0.1, 0.15) is 71.5 Å². The second kappa shape index (κ2) is 11.0. The first-order chi connectivity index (χ1) is 19.2. The molecule has 0 radical (unpaired) electrons. The summed E-state index contributed by atoms with van der Waals surface area (Å²) >= 11 is 0. The Hall–Kier alpha value is -4.32. The van der Waals surface area contributed by atoms with Crippen LogP contribution in [0.25, 0.3) is 11.4 Å². The lowest BCUT2D eigenvalue weighted by molar-refractivity contribution is -0.122. The number of amides is 3. The van der Waals surface area contributed by atoms with E-state index in [1.54, 1.807) is 35.4 Å². The minimum atomic E-state index is -0.382. The Balaban J connectivity index is 1.22. The van der Waals surface area contributed by atoms with Gasteiger partial charge in [0.25, 0.3) is 11.8 Å². The Morgan fingerprint density at radius 3 is 2.58 bits per heavy atom. The van der Waals surface area contributed by atoms with Crippen LogP contribution in [0.5, 0.6) is 0 Å². The molecule has 1 aromatic carbocycles. The maximum absolute atomic E-state index is 13.3. The molecular weight excluding hydrogens is 512 g/mol. The van der Waals surface area contributed by atoms with Crippen molar-refractivity contribution in [2.75, 3.05) is 30.7 Å². The quantitative estimate of drug-likeness (QED) is 0.299. The number of aromatic amines is 1. The zero-order chi connectivity index (χ0) is 28.4. The van der Waals surface area contributed by atoms with E-state index < -0.39 is 0 Å². The number of likely N-dealkylation sites (tertiary alicyclic amines) is 1. The van der Waals surface area contributed by atoms with Crippen LogP contribution in [0.3, 0.4) is 0 Å². The molecule has 6 N–H and O–H groups in total. The Bertz CT molecular complexity index is 1420. The number of aliphatic hydroxyl groups is 1. The summed E-state index contributed by atoms with van der Waals surface area (Å²) < 4.78 is 0. The number of anilines is 2. The van der Waals surface area contributed by atoms with Crippen molar-refractivity contribution in [1.82, 2.24) is 30.4 Å². The Morgan fingerprint density at radius 2 is 1.88 bits per heavy atom. The largest absolute Gasteiger partial charge is 0.396 e. The molecule has 12 nitrogen and oxygen atoms in total. The summed E-state index contributed by atoms with van der Waals surface area (Å²) in [6.45, 7) is 5.18. The number of rotatable bonds is 7. The maximum atomic E-state index is 13.3. The number of nitrogens with two attached hydrogens (primary N) is 1. The maximum Gasteiger partial charge on any atom is 0.273 e. The molecule has 1 saturated heterocycles. The van der Waals surface area contributed by atoms with E-state index >= 15 is 0 Å². The fourth-order valence-corrected chi connectivity index (χ4v) is 5.49. The number of aromatic nitrogens is 4. The summed E-state index contributed by atoms with van der Waals surface area (Å²) in [7, 11) is 0. The van der Waals surface area contributed by atoms with Gasteiger partial charge in [-0.05, 0) is 60.9 Å². The number of H-pyrrole nitrogens is 1. The van der Waals surface area contributed by atoms with Crippen LogP contribution in [0.2, 0.25) is 0 Å². The van der Waals surface area contributed by atoms with Crippen molar-refractivity contribution in [3.8, 4) is 11.4 Å². The van der Waals surface area contributed by atoms with E-state index in [1.807, 2.05) is 13.8 Å². The molecule has 0 unspecified atom stereocenters. The van der Waals surface area contributed by atoms with Gasteiger partial charge >= 0.3 is 0 Å². The topological polar surface area (TPSA) is 179 Å². The van der Waals surface area contributed by atoms with E-state index in [-0.39, 0.29) is 41.7 Å². The first-order valence-corrected chi connectivity index (χ1v) is 13.5. The summed E-state index contributed by atoms with van der Waals surface area (Å²) in [5.74, 6) is -0.348. The summed E-state index contributed by atoms with van der Waals surface area (Å²) in [6, 6.07) is 6.84. The summed E-state index contributed by atoms with van der Waals surface area (Å²) in [6.07, 6.45) is 4.45. The number of carbonyl (C=O) groups is 3. The molecule has 1 aliphatic carbocycles. The monoisotopic (exact) mass is 546 g/mol. The molecule has 0 saturated carbocycles. The number of hydrogen-bond acceptors (Lipinski definition) is 8. The molecule has 40 heavy (non-hydrogen) atoms. The molecule has 2 aromatic heterocycles. The van der Waals surface area contributed by atoms with Crippen LogP contribution < -0.4 is 16.4 Å². The van der Waals surface area contributed by atoms with Gasteiger partial charge in [0.15, 0.2) is 0 Å². The van der Waals surface area contributed by atoms with Crippen LogP contribution in [-0.4, -0.2) is 73.6 Å².